The van der Waals surface area contributed by atoms with Crippen LogP contribution in [0.4, 0.5) is 4.79 Å². The van der Waals surface area contributed by atoms with Crippen molar-refractivity contribution in [2.24, 2.45) is 0 Å². The number of amides is 1. The fourth-order valence-corrected chi connectivity index (χ4v) is 1.45. The summed E-state index contributed by atoms with van der Waals surface area (Å²) in [4.78, 5) is 22.4. The number of hydrogen-bond acceptors (Lipinski definition) is 4. The summed E-state index contributed by atoms with van der Waals surface area (Å²) in [7, 11) is 0. The molecule has 0 heterocycles. The van der Waals surface area contributed by atoms with Crippen LogP contribution in [0, 0.1) is 0 Å². The molecule has 0 atom stereocenters. The molecule has 0 radical (unpaired) electrons. The van der Waals surface area contributed by atoms with E-state index in [1.807, 2.05) is 6.92 Å². The minimum absolute atomic E-state index is 0.125. The van der Waals surface area contributed by atoms with Crippen LogP contribution in [0.25, 0.3) is 0 Å². The summed E-state index contributed by atoms with van der Waals surface area (Å²) < 4.78 is 9.83. The highest BCUT2D eigenvalue weighted by Crippen LogP contribution is 2.02. The van der Waals surface area contributed by atoms with Gasteiger partial charge in [-0.25, -0.2) is 4.79 Å². The van der Waals surface area contributed by atoms with Gasteiger partial charge in [-0.1, -0.05) is 46.0 Å². The van der Waals surface area contributed by atoms with Crippen LogP contribution in [0.5, 0.6) is 0 Å². The normalized spacial score (nSPS) is 10.0. The maximum Gasteiger partial charge on any atom is 0.407 e. The summed E-state index contributed by atoms with van der Waals surface area (Å²) in [5, 5.41) is 2.37. The molecule has 0 aromatic heterocycles. The van der Waals surface area contributed by atoms with E-state index >= 15 is 0 Å². The molecule has 0 aliphatic carbocycles. The molecule has 0 fully saturated rings. The van der Waals surface area contributed by atoms with Crippen molar-refractivity contribution in [1.82, 2.24) is 5.32 Å². The van der Waals surface area contributed by atoms with E-state index in [1.54, 1.807) is 0 Å². The lowest BCUT2D eigenvalue weighted by atomic mass is 10.2. The molecule has 1 amide bonds. The molecule has 5 heteroatoms. The molecule has 19 heavy (non-hydrogen) atoms. The topological polar surface area (TPSA) is 64.6 Å². The largest absolute Gasteiger partial charge is 0.464 e. The van der Waals surface area contributed by atoms with Crippen molar-refractivity contribution in [2.45, 2.75) is 58.8 Å². The molecule has 0 aliphatic heterocycles. The lowest BCUT2D eigenvalue weighted by molar-refractivity contribution is -0.142. The van der Waals surface area contributed by atoms with Crippen molar-refractivity contribution in [1.29, 1.82) is 0 Å². The number of alkyl carbamates (subject to hydrolysis) is 1. The first-order valence-electron chi connectivity index (χ1n) is 7.27. The Morgan fingerprint density at radius 2 is 1.47 bits per heavy atom. The minimum Gasteiger partial charge on any atom is -0.464 e. The van der Waals surface area contributed by atoms with Gasteiger partial charge in [-0.2, -0.15) is 0 Å². The van der Waals surface area contributed by atoms with Gasteiger partial charge in [0.05, 0.1) is 13.2 Å². The lowest BCUT2D eigenvalue weighted by Crippen LogP contribution is -2.31. The van der Waals surface area contributed by atoms with Crippen molar-refractivity contribution in [3.63, 3.8) is 0 Å². The molecule has 0 saturated heterocycles. The van der Waals surface area contributed by atoms with E-state index in [9.17, 15) is 9.59 Å². The number of ether oxygens (including phenoxy) is 2. The third-order valence-corrected chi connectivity index (χ3v) is 2.62. The number of nitrogens with one attached hydrogen (secondary N) is 1. The van der Waals surface area contributed by atoms with Crippen LogP contribution < -0.4 is 5.32 Å². The standard InChI is InChI=1S/C14H27NO4/c1-3-5-7-8-9-11-18-13(16)12-15-14(17)19-10-6-4-2/h3-12H2,1-2H3,(H,15,17). The Bertz CT molecular complexity index is 244. The molecule has 112 valence electrons. The van der Waals surface area contributed by atoms with Gasteiger partial charge in [-0.15, -0.1) is 0 Å². The molecule has 0 aromatic rings. The Morgan fingerprint density at radius 3 is 2.16 bits per heavy atom. The zero-order chi connectivity index (χ0) is 14.3. The van der Waals surface area contributed by atoms with Gasteiger partial charge in [0.1, 0.15) is 6.54 Å². The lowest BCUT2D eigenvalue weighted by Gasteiger charge is -2.07. The van der Waals surface area contributed by atoms with Crippen LogP contribution >= 0.6 is 0 Å². The minimum atomic E-state index is -0.562. The van der Waals surface area contributed by atoms with Crippen LogP contribution in [0.15, 0.2) is 0 Å². The molecular formula is C14H27NO4. The van der Waals surface area contributed by atoms with E-state index in [1.165, 1.54) is 19.3 Å². The van der Waals surface area contributed by atoms with Crippen LogP contribution in [-0.2, 0) is 14.3 Å². The average Bonchev–Trinajstić information content (AvgIpc) is 2.40. The van der Waals surface area contributed by atoms with Crippen molar-refractivity contribution in [3.05, 3.63) is 0 Å². The molecule has 5 nitrogen and oxygen atoms in total. The Labute approximate surface area is 116 Å². The van der Waals surface area contributed by atoms with Gasteiger partial charge in [0, 0.05) is 0 Å². The summed E-state index contributed by atoms with van der Waals surface area (Å²) in [6.07, 6.45) is 6.79. The quantitative estimate of drug-likeness (QED) is 0.464. The third kappa shape index (κ3) is 13.0. The zero-order valence-corrected chi connectivity index (χ0v) is 12.2. The van der Waals surface area contributed by atoms with Crippen molar-refractivity contribution < 1.29 is 19.1 Å². The van der Waals surface area contributed by atoms with E-state index < -0.39 is 12.1 Å². The predicted molar refractivity (Wildman–Crippen MR) is 74.0 cm³/mol. The average molecular weight is 273 g/mol. The van der Waals surface area contributed by atoms with E-state index in [0.717, 1.165) is 25.7 Å². The van der Waals surface area contributed by atoms with Crippen molar-refractivity contribution in [2.75, 3.05) is 19.8 Å². The fourth-order valence-electron chi connectivity index (χ4n) is 1.45. The SMILES string of the molecule is CCCCCCCOC(=O)CNC(=O)OCCCC. The van der Waals surface area contributed by atoms with E-state index in [4.69, 9.17) is 9.47 Å². The maximum absolute atomic E-state index is 11.3. The number of carbonyl (C=O) groups excluding carboxylic acids is 2. The fraction of sp³-hybridized carbons (Fsp3) is 0.857. The van der Waals surface area contributed by atoms with Crippen LogP contribution in [0.2, 0.25) is 0 Å². The van der Waals surface area contributed by atoms with E-state index in [-0.39, 0.29) is 6.54 Å². The van der Waals surface area contributed by atoms with Gasteiger partial charge in [0.2, 0.25) is 0 Å². The molecule has 0 rings (SSSR count). The Balaban J connectivity index is 3.36. The van der Waals surface area contributed by atoms with Crippen LogP contribution in [0.3, 0.4) is 0 Å². The molecule has 0 saturated carbocycles. The Kier molecular flexibility index (Phi) is 12.3. The summed E-state index contributed by atoms with van der Waals surface area (Å²) in [5.74, 6) is -0.414. The van der Waals surface area contributed by atoms with E-state index in [0.29, 0.717) is 13.2 Å². The van der Waals surface area contributed by atoms with Gasteiger partial charge in [0.25, 0.3) is 0 Å². The first kappa shape index (κ1) is 17.7. The molecule has 0 aromatic carbocycles. The summed E-state index contributed by atoms with van der Waals surface area (Å²) in [6.45, 7) is 4.86. The Morgan fingerprint density at radius 1 is 0.842 bits per heavy atom. The van der Waals surface area contributed by atoms with Crippen LogP contribution in [0.1, 0.15) is 58.8 Å². The monoisotopic (exact) mass is 273 g/mol. The van der Waals surface area contributed by atoms with Gasteiger partial charge in [-0.3, -0.25) is 4.79 Å². The highest BCUT2D eigenvalue weighted by Gasteiger charge is 2.06. The first-order valence-corrected chi connectivity index (χ1v) is 7.27. The van der Waals surface area contributed by atoms with Gasteiger partial charge < -0.3 is 14.8 Å². The second-order valence-corrected chi connectivity index (χ2v) is 4.48. The second-order valence-electron chi connectivity index (χ2n) is 4.48. The summed E-state index contributed by atoms with van der Waals surface area (Å²) in [5.41, 5.74) is 0. The van der Waals surface area contributed by atoms with Gasteiger partial charge in [0.15, 0.2) is 0 Å². The molecule has 0 spiro atoms. The van der Waals surface area contributed by atoms with Gasteiger partial charge >= 0.3 is 12.1 Å². The number of esters is 1. The summed E-state index contributed by atoms with van der Waals surface area (Å²) in [6, 6.07) is 0. The second kappa shape index (κ2) is 13.2. The summed E-state index contributed by atoms with van der Waals surface area (Å²) >= 11 is 0. The molecular weight excluding hydrogens is 246 g/mol. The molecule has 1 N–H and O–H groups in total. The predicted octanol–water partition coefficient (Wildman–Crippen LogP) is 3.03. The van der Waals surface area contributed by atoms with Crippen LogP contribution in [-0.4, -0.2) is 31.8 Å². The maximum atomic E-state index is 11.3. The first-order chi connectivity index (χ1) is 9.20. The molecule has 0 bridgehead atoms. The van der Waals surface area contributed by atoms with Gasteiger partial charge in [-0.05, 0) is 12.8 Å². The highest BCUT2D eigenvalue weighted by molar-refractivity contribution is 5.77. The number of rotatable bonds is 11. The third-order valence-electron chi connectivity index (χ3n) is 2.62. The zero-order valence-electron chi connectivity index (χ0n) is 12.2. The Hall–Kier alpha value is -1.26. The highest BCUT2D eigenvalue weighted by atomic mass is 16.6. The van der Waals surface area contributed by atoms with E-state index in [2.05, 4.69) is 12.2 Å². The number of unbranched alkanes of at least 4 members (excludes halogenated alkanes) is 5. The smallest absolute Gasteiger partial charge is 0.407 e. The van der Waals surface area contributed by atoms with Crippen molar-refractivity contribution in [3.8, 4) is 0 Å². The number of hydrogen-bond donors (Lipinski definition) is 1. The number of carbonyl (C=O) groups is 2. The van der Waals surface area contributed by atoms with Crippen molar-refractivity contribution >= 4 is 12.1 Å². The molecule has 0 aliphatic rings. The molecule has 0 unspecified atom stereocenters.